The Morgan fingerprint density at radius 2 is 1.37 bits per heavy atom. The van der Waals surface area contributed by atoms with Crippen molar-refractivity contribution < 1.29 is 41.0 Å². The van der Waals surface area contributed by atoms with Gasteiger partial charge in [0, 0.05) is 5.56 Å². The maximum Gasteiger partial charge on any atom is 0.430 e. The molecular weight excluding hydrogens is 414 g/mol. The summed E-state index contributed by atoms with van der Waals surface area (Å²) in [4.78, 5) is 13.0. The molecule has 0 saturated carbocycles. The summed E-state index contributed by atoms with van der Waals surface area (Å²) >= 11 is 0. The van der Waals surface area contributed by atoms with E-state index in [2.05, 4.69) is 0 Å². The summed E-state index contributed by atoms with van der Waals surface area (Å²) in [6, 6.07) is 2.79. The topological polar surface area (TPSA) is 46.5 Å². The van der Waals surface area contributed by atoms with Crippen LogP contribution < -0.4 is 4.74 Å². The summed E-state index contributed by atoms with van der Waals surface area (Å²) in [5.74, 6) is -1.31. The first-order valence-corrected chi connectivity index (χ1v) is 9.25. The molecule has 1 N–H and O–H groups in total. The molecule has 1 rings (SSSR count). The molecule has 1 atom stereocenters. The molecule has 0 aliphatic heterocycles. The molecule has 0 bridgehead atoms. The number of hydrogen-bond acceptors (Lipinski definition) is 3. The summed E-state index contributed by atoms with van der Waals surface area (Å²) in [6.45, 7) is 12.7. The quantitative estimate of drug-likeness (QED) is 0.334. The molecule has 1 aromatic carbocycles. The lowest BCUT2D eigenvalue weighted by Crippen LogP contribution is -2.53. The fraction of sp³-hybridized carbons (Fsp3) is 0.667. The second-order valence-corrected chi connectivity index (χ2v) is 9.94. The molecule has 30 heavy (non-hydrogen) atoms. The second kappa shape index (κ2) is 7.73. The lowest BCUT2D eigenvalue weighted by molar-refractivity contribution is -0.376. The van der Waals surface area contributed by atoms with Gasteiger partial charge in [-0.05, 0) is 36.3 Å². The lowest BCUT2D eigenvalue weighted by atomic mass is 9.61. The van der Waals surface area contributed by atoms with Crippen LogP contribution in [-0.4, -0.2) is 23.4 Å². The van der Waals surface area contributed by atoms with Gasteiger partial charge in [0.15, 0.2) is 0 Å². The molecule has 0 radical (unpaired) electrons. The predicted octanol–water partition coefficient (Wildman–Crippen LogP) is 6.39. The van der Waals surface area contributed by atoms with Crippen molar-refractivity contribution in [2.24, 2.45) is 16.2 Å². The number of halogens is 6. The molecule has 0 saturated heterocycles. The molecule has 0 heterocycles. The molecule has 0 aromatic heterocycles. The third-order valence-corrected chi connectivity index (χ3v) is 5.27. The molecule has 1 unspecified atom stereocenters. The molecule has 0 amide bonds. The van der Waals surface area contributed by atoms with E-state index >= 15 is 0 Å². The number of esters is 1. The van der Waals surface area contributed by atoms with Gasteiger partial charge >= 0.3 is 18.3 Å². The Balaban J connectivity index is 3.42. The average Bonchev–Trinajstić information content (AvgIpc) is 2.49. The van der Waals surface area contributed by atoms with E-state index < -0.39 is 46.1 Å². The summed E-state index contributed by atoms with van der Waals surface area (Å²) in [7, 11) is 0. The van der Waals surface area contributed by atoms with Crippen molar-refractivity contribution in [3.63, 3.8) is 0 Å². The van der Waals surface area contributed by atoms with Crippen molar-refractivity contribution in [1.82, 2.24) is 0 Å². The molecule has 9 heteroatoms. The fourth-order valence-corrected chi connectivity index (χ4v) is 3.20. The minimum Gasteiger partial charge on any atom is -0.426 e. The minimum atomic E-state index is -6.03. The summed E-state index contributed by atoms with van der Waals surface area (Å²) in [6.07, 6.45) is -11.7. The molecule has 0 aliphatic carbocycles. The number of carbonyl (C=O) groups excluding carboxylic acids is 1. The van der Waals surface area contributed by atoms with Crippen molar-refractivity contribution in [2.45, 2.75) is 72.8 Å². The number of ether oxygens (including phenoxy) is 1. The van der Waals surface area contributed by atoms with Crippen LogP contribution in [0.25, 0.3) is 0 Å². The highest BCUT2D eigenvalue weighted by Gasteiger charge is 2.71. The fourth-order valence-electron chi connectivity index (χ4n) is 3.20. The number of benzene rings is 1. The van der Waals surface area contributed by atoms with E-state index in [0.717, 1.165) is 12.1 Å². The zero-order valence-corrected chi connectivity index (χ0v) is 18.0. The maximum absolute atomic E-state index is 13.1. The van der Waals surface area contributed by atoms with Gasteiger partial charge in [0.05, 0.1) is 5.41 Å². The Morgan fingerprint density at radius 3 is 1.73 bits per heavy atom. The standard InChI is InChI=1S/C21H28F6O3/c1-16(2,3)12-18(7,17(4,5)6)15(28)30-14-10-8-9-13(11-14)19(29,20(22,23)24)21(25,26)27/h8-11,29H,12H2,1-7H3. The number of rotatable bonds is 4. The molecule has 1 aromatic rings. The maximum atomic E-state index is 13.1. The first-order valence-electron chi connectivity index (χ1n) is 9.25. The number of hydrogen-bond donors (Lipinski definition) is 1. The Kier molecular flexibility index (Phi) is 6.77. The normalized spacial score (nSPS) is 16.2. The highest BCUT2D eigenvalue weighted by Crippen LogP contribution is 2.51. The Hall–Kier alpha value is -1.77. The second-order valence-electron chi connectivity index (χ2n) is 9.94. The number of carbonyl (C=O) groups is 1. The highest BCUT2D eigenvalue weighted by atomic mass is 19.4. The first-order chi connectivity index (χ1) is 13.1. The van der Waals surface area contributed by atoms with Crippen LogP contribution in [0, 0.1) is 16.2 Å². The van der Waals surface area contributed by atoms with Crippen LogP contribution in [0.15, 0.2) is 24.3 Å². The Labute approximate surface area is 172 Å². The average molecular weight is 442 g/mol. The smallest absolute Gasteiger partial charge is 0.426 e. The zero-order valence-electron chi connectivity index (χ0n) is 18.0. The number of alkyl halides is 6. The van der Waals surface area contributed by atoms with E-state index in [4.69, 9.17) is 4.74 Å². The van der Waals surface area contributed by atoms with Crippen LogP contribution in [0.5, 0.6) is 5.75 Å². The van der Waals surface area contributed by atoms with Gasteiger partial charge in [-0.1, -0.05) is 53.7 Å². The Bertz CT molecular complexity index is 755. The van der Waals surface area contributed by atoms with E-state index in [9.17, 15) is 36.2 Å². The van der Waals surface area contributed by atoms with Crippen LogP contribution in [0.3, 0.4) is 0 Å². The molecular formula is C21H28F6O3. The van der Waals surface area contributed by atoms with Gasteiger partial charge in [-0.3, -0.25) is 4.79 Å². The molecule has 172 valence electrons. The van der Waals surface area contributed by atoms with Gasteiger partial charge in [0.1, 0.15) is 5.75 Å². The van der Waals surface area contributed by atoms with E-state index in [1.54, 1.807) is 27.7 Å². The molecule has 3 nitrogen and oxygen atoms in total. The van der Waals surface area contributed by atoms with E-state index in [1.165, 1.54) is 0 Å². The Morgan fingerprint density at radius 1 is 0.900 bits per heavy atom. The van der Waals surface area contributed by atoms with Gasteiger partial charge in [-0.25, -0.2) is 0 Å². The van der Waals surface area contributed by atoms with Crippen LogP contribution in [0.4, 0.5) is 26.3 Å². The van der Waals surface area contributed by atoms with Crippen molar-refractivity contribution in [3.8, 4) is 5.75 Å². The van der Waals surface area contributed by atoms with Crippen LogP contribution in [0.2, 0.25) is 0 Å². The highest BCUT2D eigenvalue weighted by molar-refractivity contribution is 5.79. The van der Waals surface area contributed by atoms with Gasteiger partial charge in [-0.15, -0.1) is 0 Å². The van der Waals surface area contributed by atoms with Crippen molar-refractivity contribution in [3.05, 3.63) is 29.8 Å². The monoisotopic (exact) mass is 442 g/mol. The summed E-state index contributed by atoms with van der Waals surface area (Å²) in [5, 5.41) is 9.57. The van der Waals surface area contributed by atoms with Gasteiger partial charge in [-0.2, -0.15) is 26.3 Å². The summed E-state index contributed by atoms with van der Waals surface area (Å²) < 4.78 is 84.0. The van der Waals surface area contributed by atoms with Crippen LogP contribution in [-0.2, 0) is 10.4 Å². The molecule has 0 fully saturated rings. The third-order valence-electron chi connectivity index (χ3n) is 5.27. The van der Waals surface area contributed by atoms with Gasteiger partial charge in [0.25, 0.3) is 5.60 Å². The third kappa shape index (κ3) is 5.10. The van der Waals surface area contributed by atoms with E-state index in [1.807, 2.05) is 20.8 Å². The molecule has 0 spiro atoms. The van der Waals surface area contributed by atoms with Crippen LogP contribution in [0.1, 0.15) is 60.5 Å². The lowest BCUT2D eigenvalue weighted by Gasteiger charge is -2.43. The zero-order chi connectivity index (χ0) is 24.0. The predicted molar refractivity (Wildman–Crippen MR) is 99.7 cm³/mol. The first kappa shape index (κ1) is 26.3. The van der Waals surface area contributed by atoms with Crippen molar-refractivity contribution in [2.75, 3.05) is 0 Å². The van der Waals surface area contributed by atoms with Gasteiger partial charge in [0.2, 0.25) is 0 Å². The van der Waals surface area contributed by atoms with Crippen molar-refractivity contribution in [1.29, 1.82) is 0 Å². The summed E-state index contributed by atoms with van der Waals surface area (Å²) in [5.41, 5.74) is -8.60. The van der Waals surface area contributed by atoms with E-state index in [0.29, 0.717) is 18.6 Å². The number of aliphatic hydroxyl groups is 1. The van der Waals surface area contributed by atoms with Gasteiger partial charge < -0.3 is 9.84 Å². The van der Waals surface area contributed by atoms with Crippen molar-refractivity contribution >= 4 is 5.97 Å². The molecule has 0 aliphatic rings. The SMILES string of the molecule is CC(C)(C)CC(C)(C(=O)Oc1cccc(C(O)(C(F)(F)F)C(F)(F)F)c1)C(C)(C)C. The van der Waals surface area contributed by atoms with E-state index in [-0.39, 0.29) is 5.41 Å². The largest absolute Gasteiger partial charge is 0.430 e. The van der Waals surface area contributed by atoms with Crippen LogP contribution >= 0.6 is 0 Å². The minimum absolute atomic E-state index is 0.310.